The number of benzene rings is 2. The summed E-state index contributed by atoms with van der Waals surface area (Å²) in [6.45, 7) is 1.39. The number of hydrogen-bond acceptors (Lipinski definition) is 2. The average molecular weight is 291 g/mol. The first-order valence-electron chi connectivity index (χ1n) is 6.74. The van der Waals surface area contributed by atoms with E-state index < -0.39 is 0 Å². The Morgan fingerprint density at radius 3 is 2.90 bits per heavy atom. The monoisotopic (exact) mass is 290 g/mol. The molecule has 4 heteroatoms. The first-order valence-corrected chi connectivity index (χ1v) is 7.12. The number of para-hydroxylation sites is 1. The van der Waals surface area contributed by atoms with Gasteiger partial charge in [0.25, 0.3) is 0 Å². The molecule has 0 bridgehead atoms. The van der Waals surface area contributed by atoms with E-state index in [-0.39, 0.29) is 5.82 Å². The predicted octanol–water partition coefficient (Wildman–Crippen LogP) is 3.67. The molecule has 1 heterocycles. The number of hydrogen-bond donors (Lipinski definition) is 1. The summed E-state index contributed by atoms with van der Waals surface area (Å²) in [5.74, 6) is -0.219. The minimum Gasteiger partial charge on any atom is -0.339 e. The Balaban J connectivity index is 2.10. The van der Waals surface area contributed by atoms with Crippen LogP contribution in [-0.4, -0.2) is 13.1 Å². The highest BCUT2D eigenvalue weighted by atomic mass is 35.5. The van der Waals surface area contributed by atoms with Crippen LogP contribution in [0.2, 0.25) is 5.02 Å². The van der Waals surface area contributed by atoms with Crippen molar-refractivity contribution in [2.45, 2.75) is 12.8 Å². The Morgan fingerprint density at radius 2 is 2.10 bits per heavy atom. The molecule has 20 heavy (non-hydrogen) atoms. The van der Waals surface area contributed by atoms with Crippen molar-refractivity contribution in [2.75, 3.05) is 18.0 Å². The summed E-state index contributed by atoms with van der Waals surface area (Å²) >= 11 is 6.38. The van der Waals surface area contributed by atoms with Gasteiger partial charge >= 0.3 is 0 Å². The van der Waals surface area contributed by atoms with Gasteiger partial charge in [0, 0.05) is 12.2 Å². The van der Waals surface area contributed by atoms with E-state index in [1.807, 2.05) is 24.3 Å². The Bertz CT molecular complexity index is 642. The van der Waals surface area contributed by atoms with Gasteiger partial charge in [-0.05, 0) is 48.7 Å². The Morgan fingerprint density at radius 1 is 1.25 bits per heavy atom. The van der Waals surface area contributed by atoms with E-state index in [2.05, 4.69) is 4.90 Å². The quantitative estimate of drug-likeness (QED) is 0.934. The molecule has 0 saturated carbocycles. The maximum Gasteiger partial charge on any atom is 0.125 e. The summed E-state index contributed by atoms with van der Waals surface area (Å²) in [4.78, 5) is 2.10. The van der Waals surface area contributed by atoms with Crippen molar-refractivity contribution in [2.24, 2.45) is 5.73 Å². The molecule has 2 aromatic rings. The zero-order valence-electron chi connectivity index (χ0n) is 11.1. The molecule has 1 aliphatic rings. The Kier molecular flexibility index (Phi) is 3.64. The third-order valence-corrected chi connectivity index (χ3v) is 4.00. The molecule has 104 valence electrons. The van der Waals surface area contributed by atoms with Crippen molar-refractivity contribution in [3.8, 4) is 0 Å². The van der Waals surface area contributed by atoms with Crippen molar-refractivity contribution in [1.82, 2.24) is 0 Å². The summed E-state index contributed by atoms with van der Waals surface area (Å²) in [7, 11) is 0. The lowest BCUT2D eigenvalue weighted by Crippen LogP contribution is -2.17. The van der Waals surface area contributed by atoms with Gasteiger partial charge in [-0.3, -0.25) is 0 Å². The molecule has 0 amide bonds. The van der Waals surface area contributed by atoms with Crippen LogP contribution < -0.4 is 10.6 Å². The second-order valence-electron chi connectivity index (χ2n) is 4.96. The van der Waals surface area contributed by atoms with E-state index in [0.717, 1.165) is 41.9 Å². The minimum absolute atomic E-state index is 0.219. The third-order valence-electron chi connectivity index (χ3n) is 3.70. The summed E-state index contributed by atoms with van der Waals surface area (Å²) in [6.07, 6.45) is 1.67. The van der Waals surface area contributed by atoms with Crippen molar-refractivity contribution < 1.29 is 4.39 Å². The highest BCUT2D eigenvalue weighted by molar-refractivity contribution is 6.33. The number of halogens is 2. The topological polar surface area (TPSA) is 29.3 Å². The normalized spacial score (nSPS) is 13.7. The number of anilines is 2. The number of rotatable bonds is 3. The van der Waals surface area contributed by atoms with Gasteiger partial charge in [0.1, 0.15) is 5.82 Å². The number of fused-ring (bicyclic) bond motifs is 1. The minimum atomic E-state index is -0.219. The van der Waals surface area contributed by atoms with Crippen molar-refractivity contribution in [3.05, 3.63) is 58.4 Å². The lowest BCUT2D eigenvalue weighted by Gasteiger charge is -2.24. The van der Waals surface area contributed by atoms with Crippen molar-refractivity contribution in [3.63, 3.8) is 0 Å². The van der Waals surface area contributed by atoms with Gasteiger partial charge in [0.2, 0.25) is 0 Å². The van der Waals surface area contributed by atoms with Crippen LogP contribution in [-0.2, 0) is 12.8 Å². The zero-order valence-corrected chi connectivity index (χ0v) is 11.8. The molecule has 0 unspecified atom stereocenters. The van der Waals surface area contributed by atoms with Crippen LogP contribution in [0.5, 0.6) is 0 Å². The third kappa shape index (κ3) is 2.28. The molecular weight excluding hydrogens is 275 g/mol. The maximum atomic E-state index is 13.5. The predicted molar refractivity (Wildman–Crippen MR) is 81.3 cm³/mol. The van der Waals surface area contributed by atoms with Crippen LogP contribution in [0.15, 0.2) is 36.4 Å². The van der Waals surface area contributed by atoms with Crippen LogP contribution in [0, 0.1) is 5.82 Å². The highest BCUT2D eigenvalue weighted by Gasteiger charge is 2.24. The number of nitrogens with two attached hydrogens (primary N) is 1. The lowest BCUT2D eigenvalue weighted by atomic mass is 10.1. The van der Waals surface area contributed by atoms with Gasteiger partial charge < -0.3 is 10.6 Å². The van der Waals surface area contributed by atoms with Gasteiger partial charge in [-0.15, -0.1) is 0 Å². The molecule has 2 N–H and O–H groups in total. The summed E-state index contributed by atoms with van der Waals surface area (Å²) < 4.78 is 13.5. The molecule has 0 radical (unpaired) electrons. The van der Waals surface area contributed by atoms with E-state index in [0.29, 0.717) is 11.6 Å². The van der Waals surface area contributed by atoms with Crippen LogP contribution >= 0.6 is 11.6 Å². The highest BCUT2D eigenvalue weighted by Crippen LogP contribution is 2.40. The molecule has 0 saturated heterocycles. The van der Waals surface area contributed by atoms with Gasteiger partial charge in [-0.25, -0.2) is 4.39 Å². The molecule has 0 aliphatic carbocycles. The Labute approximate surface area is 123 Å². The molecule has 0 aromatic heterocycles. The number of nitrogens with zero attached hydrogens (tertiary/aromatic N) is 1. The lowest BCUT2D eigenvalue weighted by molar-refractivity contribution is 0.628. The van der Waals surface area contributed by atoms with Crippen molar-refractivity contribution >= 4 is 23.0 Å². The van der Waals surface area contributed by atoms with E-state index in [4.69, 9.17) is 17.3 Å². The molecule has 1 aliphatic heterocycles. The smallest absolute Gasteiger partial charge is 0.125 e. The molecular formula is C16H16ClFN2. The van der Waals surface area contributed by atoms with Crippen LogP contribution in [0.25, 0.3) is 0 Å². The van der Waals surface area contributed by atoms with E-state index in [1.54, 1.807) is 6.07 Å². The fourth-order valence-electron chi connectivity index (χ4n) is 2.80. The second kappa shape index (κ2) is 5.43. The SMILES string of the molecule is NCCc1cccc(Cl)c1N1CCc2ccc(F)cc21. The molecule has 0 atom stereocenters. The van der Waals surface area contributed by atoms with Crippen molar-refractivity contribution in [1.29, 1.82) is 0 Å². The molecule has 2 aromatic carbocycles. The molecule has 3 rings (SSSR count). The zero-order chi connectivity index (χ0) is 14.1. The van der Waals surface area contributed by atoms with Gasteiger partial charge in [0.05, 0.1) is 10.7 Å². The first kappa shape index (κ1) is 13.4. The largest absolute Gasteiger partial charge is 0.339 e. The first-order chi connectivity index (χ1) is 9.70. The fraction of sp³-hybridized carbons (Fsp3) is 0.250. The van der Waals surface area contributed by atoms with Crippen LogP contribution in [0.3, 0.4) is 0 Å². The molecule has 0 spiro atoms. The summed E-state index contributed by atoms with van der Waals surface area (Å²) in [5.41, 5.74) is 9.82. The van der Waals surface area contributed by atoms with Crippen LogP contribution in [0.4, 0.5) is 15.8 Å². The second-order valence-corrected chi connectivity index (χ2v) is 5.37. The molecule has 2 nitrogen and oxygen atoms in total. The summed E-state index contributed by atoms with van der Waals surface area (Å²) in [6, 6.07) is 10.8. The Hall–Kier alpha value is -1.58. The standard InChI is InChI=1S/C16H16ClFN2/c17-14-3-1-2-12(6-8-19)16(14)20-9-7-11-4-5-13(18)10-15(11)20/h1-5,10H,6-9,19H2. The summed E-state index contributed by atoms with van der Waals surface area (Å²) in [5, 5.41) is 0.688. The van der Waals surface area contributed by atoms with Crippen LogP contribution in [0.1, 0.15) is 11.1 Å². The fourth-order valence-corrected chi connectivity index (χ4v) is 3.10. The van der Waals surface area contributed by atoms with E-state index in [9.17, 15) is 4.39 Å². The van der Waals surface area contributed by atoms with Gasteiger partial charge in [-0.1, -0.05) is 29.8 Å². The van der Waals surface area contributed by atoms with E-state index >= 15 is 0 Å². The van der Waals surface area contributed by atoms with Gasteiger partial charge in [0.15, 0.2) is 0 Å². The average Bonchev–Trinajstić information content (AvgIpc) is 2.82. The maximum absolute atomic E-state index is 13.5. The molecule has 0 fully saturated rings. The van der Waals surface area contributed by atoms with E-state index in [1.165, 1.54) is 6.07 Å². The van der Waals surface area contributed by atoms with Gasteiger partial charge in [-0.2, -0.15) is 0 Å².